The molecule has 0 aliphatic heterocycles. The summed E-state index contributed by atoms with van der Waals surface area (Å²) in [5, 5.41) is 3.15. The minimum absolute atomic E-state index is 0.0521. The van der Waals surface area contributed by atoms with Gasteiger partial charge in [-0.05, 0) is 43.0 Å². The van der Waals surface area contributed by atoms with Crippen molar-refractivity contribution in [1.29, 1.82) is 0 Å². The molecular weight excluding hydrogens is 278 g/mol. The maximum atomic E-state index is 12.0. The standard InChI is InChI=1S/C14H18BrNO/c1-10-4-2-3-5-13(10)16-14(17)11-6-8-12(15)9-7-11/h6-10,13H,2-5H2,1H3,(H,16,17)/t10-,13-/m0/s1. The number of halogens is 1. The predicted molar refractivity (Wildman–Crippen MR) is 73.0 cm³/mol. The Labute approximate surface area is 111 Å². The van der Waals surface area contributed by atoms with Crippen LogP contribution in [-0.4, -0.2) is 11.9 Å². The smallest absolute Gasteiger partial charge is 0.251 e. The monoisotopic (exact) mass is 295 g/mol. The molecule has 0 aromatic heterocycles. The summed E-state index contributed by atoms with van der Waals surface area (Å²) in [7, 11) is 0. The average Bonchev–Trinajstić information content (AvgIpc) is 2.33. The van der Waals surface area contributed by atoms with Crippen LogP contribution in [0, 0.1) is 5.92 Å². The molecule has 1 N–H and O–H groups in total. The SMILES string of the molecule is C[C@H]1CCCC[C@@H]1NC(=O)c1ccc(Br)cc1. The van der Waals surface area contributed by atoms with E-state index >= 15 is 0 Å². The van der Waals surface area contributed by atoms with Gasteiger partial charge < -0.3 is 5.32 Å². The van der Waals surface area contributed by atoms with Crippen LogP contribution in [0.1, 0.15) is 43.0 Å². The zero-order chi connectivity index (χ0) is 12.3. The second-order valence-electron chi connectivity index (χ2n) is 4.85. The summed E-state index contributed by atoms with van der Waals surface area (Å²) in [6, 6.07) is 7.86. The minimum atomic E-state index is 0.0521. The summed E-state index contributed by atoms with van der Waals surface area (Å²) >= 11 is 3.37. The van der Waals surface area contributed by atoms with Gasteiger partial charge in [-0.25, -0.2) is 0 Å². The van der Waals surface area contributed by atoms with E-state index in [1.165, 1.54) is 19.3 Å². The molecule has 0 spiro atoms. The van der Waals surface area contributed by atoms with Crippen molar-refractivity contribution in [2.24, 2.45) is 5.92 Å². The fourth-order valence-corrected chi connectivity index (χ4v) is 2.65. The van der Waals surface area contributed by atoms with Crippen LogP contribution < -0.4 is 5.32 Å². The van der Waals surface area contributed by atoms with Gasteiger partial charge in [0.05, 0.1) is 0 Å². The van der Waals surface area contributed by atoms with Gasteiger partial charge in [-0.3, -0.25) is 4.79 Å². The Kier molecular flexibility index (Phi) is 4.21. The van der Waals surface area contributed by atoms with Crippen LogP contribution in [-0.2, 0) is 0 Å². The number of rotatable bonds is 2. The predicted octanol–water partition coefficient (Wildman–Crippen LogP) is 3.76. The first-order valence-electron chi connectivity index (χ1n) is 6.23. The fraction of sp³-hybridized carbons (Fsp3) is 0.500. The largest absolute Gasteiger partial charge is 0.349 e. The molecule has 1 aromatic carbocycles. The summed E-state index contributed by atoms with van der Waals surface area (Å²) in [6.07, 6.45) is 4.87. The van der Waals surface area contributed by atoms with Crippen LogP contribution >= 0.6 is 15.9 Å². The van der Waals surface area contributed by atoms with Crippen LogP contribution in [0.2, 0.25) is 0 Å². The van der Waals surface area contributed by atoms with Gasteiger partial charge in [-0.15, -0.1) is 0 Å². The molecule has 1 aromatic rings. The topological polar surface area (TPSA) is 29.1 Å². The zero-order valence-electron chi connectivity index (χ0n) is 10.1. The highest BCUT2D eigenvalue weighted by Gasteiger charge is 2.22. The molecule has 0 unspecified atom stereocenters. The van der Waals surface area contributed by atoms with E-state index in [2.05, 4.69) is 28.2 Å². The zero-order valence-corrected chi connectivity index (χ0v) is 11.7. The molecule has 1 amide bonds. The summed E-state index contributed by atoms with van der Waals surface area (Å²) in [4.78, 5) is 12.0. The molecule has 17 heavy (non-hydrogen) atoms. The quantitative estimate of drug-likeness (QED) is 0.884. The van der Waals surface area contributed by atoms with E-state index < -0.39 is 0 Å². The van der Waals surface area contributed by atoms with Gasteiger partial charge in [0, 0.05) is 16.1 Å². The van der Waals surface area contributed by atoms with Crippen molar-refractivity contribution in [3.8, 4) is 0 Å². The first-order valence-corrected chi connectivity index (χ1v) is 7.02. The van der Waals surface area contributed by atoms with Crippen molar-refractivity contribution in [2.45, 2.75) is 38.6 Å². The van der Waals surface area contributed by atoms with Crippen molar-refractivity contribution in [1.82, 2.24) is 5.32 Å². The molecule has 2 atom stereocenters. The fourth-order valence-electron chi connectivity index (χ4n) is 2.38. The first kappa shape index (κ1) is 12.6. The van der Waals surface area contributed by atoms with Crippen molar-refractivity contribution >= 4 is 21.8 Å². The van der Waals surface area contributed by atoms with E-state index in [0.29, 0.717) is 12.0 Å². The number of carbonyl (C=O) groups excluding carboxylic acids is 1. The third kappa shape index (κ3) is 3.32. The lowest BCUT2D eigenvalue weighted by molar-refractivity contribution is 0.0910. The Morgan fingerprint density at radius 2 is 1.88 bits per heavy atom. The molecule has 0 bridgehead atoms. The number of nitrogens with one attached hydrogen (secondary N) is 1. The minimum Gasteiger partial charge on any atom is -0.349 e. The van der Waals surface area contributed by atoms with Crippen LogP contribution in [0.3, 0.4) is 0 Å². The van der Waals surface area contributed by atoms with Crippen LogP contribution in [0.5, 0.6) is 0 Å². The number of benzene rings is 1. The number of amides is 1. The summed E-state index contributed by atoms with van der Waals surface area (Å²) in [5.41, 5.74) is 0.742. The Balaban J connectivity index is 1.98. The second kappa shape index (κ2) is 5.67. The van der Waals surface area contributed by atoms with Crippen LogP contribution in [0.25, 0.3) is 0 Å². The Morgan fingerprint density at radius 1 is 1.24 bits per heavy atom. The van der Waals surface area contributed by atoms with E-state index in [1.807, 2.05) is 24.3 Å². The van der Waals surface area contributed by atoms with E-state index in [4.69, 9.17) is 0 Å². The molecule has 0 heterocycles. The highest BCUT2D eigenvalue weighted by Crippen LogP contribution is 2.24. The van der Waals surface area contributed by atoms with Gasteiger partial charge >= 0.3 is 0 Å². The molecular formula is C14H18BrNO. The average molecular weight is 296 g/mol. The van der Waals surface area contributed by atoms with Gasteiger partial charge in [0.15, 0.2) is 0 Å². The van der Waals surface area contributed by atoms with E-state index in [1.54, 1.807) is 0 Å². The Bertz CT molecular complexity index is 388. The van der Waals surface area contributed by atoms with Crippen LogP contribution in [0.4, 0.5) is 0 Å². The maximum absolute atomic E-state index is 12.0. The molecule has 2 rings (SSSR count). The van der Waals surface area contributed by atoms with E-state index in [0.717, 1.165) is 16.5 Å². The molecule has 92 valence electrons. The van der Waals surface area contributed by atoms with Crippen molar-refractivity contribution < 1.29 is 4.79 Å². The summed E-state index contributed by atoms with van der Waals surface area (Å²) in [6.45, 7) is 2.23. The highest BCUT2D eigenvalue weighted by molar-refractivity contribution is 9.10. The molecule has 3 heteroatoms. The second-order valence-corrected chi connectivity index (χ2v) is 5.76. The molecule has 1 aliphatic rings. The lowest BCUT2D eigenvalue weighted by atomic mass is 9.86. The number of hydrogen-bond acceptors (Lipinski definition) is 1. The van der Waals surface area contributed by atoms with Crippen molar-refractivity contribution in [2.75, 3.05) is 0 Å². The molecule has 2 nitrogen and oxygen atoms in total. The maximum Gasteiger partial charge on any atom is 0.251 e. The lowest BCUT2D eigenvalue weighted by Crippen LogP contribution is -2.41. The third-order valence-corrected chi connectivity index (χ3v) is 4.06. The molecule has 1 saturated carbocycles. The molecule has 1 aliphatic carbocycles. The third-order valence-electron chi connectivity index (χ3n) is 3.53. The first-order chi connectivity index (χ1) is 8.16. The summed E-state index contributed by atoms with van der Waals surface area (Å²) in [5.74, 6) is 0.652. The van der Waals surface area contributed by atoms with Gasteiger partial charge in [0.25, 0.3) is 5.91 Å². The normalized spacial score (nSPS) is 24.4. The molecule has 1 fully saturated rings. The van der Waals surface area contributed by atoms with E-state index in [9.17, 15) is 4.79 Å². The van der Waals surface area contributed by atoms with Crippen molar-refractivity contribution in [3.05, 3.63) is 34.3 Å². The Hall–Kier alpha value is -0.830. The highest BCUT2D eigenvalue weighted by atomic mass is 79.9. The van der Waals surface area contributed by atoms with Crippen molar-refractivity contribution in [3.63, 3.8) is 0 Å². The van der Waals surface area contributed by atoms with Crippen LogP contribution in [0.15, 0.2) is 28.7 Å². The lowest BCUT2D eigenvalue weighted by Gasteiger charge is -2.29. The summed E-state index contributed by atoms with van der Waals surface area (Å²) < 4.78 is 1.00. The van der Waals surface area contributed by atoms with Gasteiger partial charge in [-0.1, -0.05) is 35.7 Å². The Morgan fingerprint density at radius 3 is 2.53 bits per heavy atom. The van der Waals surface area contributed by atoms with Gasteiger partial charge in [0.2, 0.25) is 0 Å². The number of carbonyl (C=O) groups is 1. The number of hydrogen-bond donors (Lipinski definition) is 1. The van der Waals surface area contributed by atoms with Gasteiger partial charge in [0.1, 0.15) is 0 Å². The van der Waals surface area contributed by atoms with Gasteiger partial charge in [-0.2, -0.15) is 0 Å². The molecule has 0 saturated heterocycles. The molecule has 0 radical (unpaired) electrons. The van der Waals surface area contributed by atoms with E-state index in [-0.39, 0.29) is 5.91 Å².